The van der Waals surface area contributed by atoms with Gasteiger partial charge in [0, 0.05) is 5.56 Å². The molecule has 4 nitrogen and oxygen atoms in total. The predicted molar refractivity (Wildman–Crippen MR) is 51.5 cm³/mol. The van der Waals surface area contributed by atoms with Crippen molar-refractivity contribution >= 4 is 7.25 Å². The Hall–Kier alpha value is -1.98. The lowest BCUT2D eigenvalue weighted by Crippen LogP contribution is -2.02. The molecule has 1 heterocycles. The number of rotatable bonds is 1. The van der Waals surface area contributed by atoms with E-state index in [1.165, 1.54) is 0 Å². The topological polar surface area (TPSA) is 46.6 Å². The molecule has 2 rings (SSSR count). The molecule has 0 fully saturated rings. The highest BCUT2D eigenvalue weighted by molar-refractivity contribution is 6.50. The molecule has 17 heavy (non-hydrogen) atoms. The highest BCUT2D eigenvalue weighted by Crippen LogP contribution is 2.32. The molecule has 0 bridgehead atoms. The monoisotopic (exact) mass is 250 g/mol. The normalized spacial score (nSPS) is 12.4. The smallest absolute Gasteiger partial charge is 0.454 e. The van der Waals surface area contributed by atoms with Gasteiger partial charge in [-0.3, -0.25) is 0 Å². The molecule has 0 spiro atoms. The van der Waals surface area contributed by atoms with Crippen molar-refractivity contribution in [1.82, 2.24) is 0 Å². The van der Waals surface area contributed by atoms with Crippen molar-refractivity contribution in [2.45, 2.75) is 6.54 Å². The summed E-state index contributed by atoms with van der Waals surface area (Å²) in [6.07, 6.45) is 0. The Morgan fingerprint density at radius 2 is 1.76 bits per heavy atom. The van der Waals surface area contributed by atoms with E-state index in [0.29, 0.717) is 0 Å². The fraction of sp³-hybridized carbons (Fsp3) is 0.250. The molecule has 1 aromatic rings. The van der Waals surface area contributed by atoms with Crippen molar-refractivity contribution in [3.05, 3.63) is 28.7 Å². The first kappa shape index (κ1) is 13.1. The van der Waals surface area contributed by atoms with Gasteiger partial charge < -0.3 is 26.7 Å². The summed E-state index contributed by atoms with van der Waals surface area (Å²) in [5.41, 5.74) is 0.904. The molecule has 0 aliphatic carbocycles. The number of halogens is 4. The molecule has 0 saturated carbocycles. The molecule has 1 aliphatic rings. The molecule has 0 unspecified atom stereocenters. The van der Waals surface area contributed by atoms with E-state index in [1.54, 1.807) is 0 Å². The summed E-state index contributed by atoms with van der Waals surface area (Å²) in [5, 5.41) is 8.32. The van der Waals surface area contributed by atoms with Gasteiger partial charge in [-0.1, -0.05) is 0 Å². The van der Waals surface area contributed by atoms with E-state index >= 15 is 0 Å². The van der Waals surface area contributed by atoms with Gasteiger partial charge in [0.1, 0.15) is 4.98 Å². The summed E-state index contributed by atoms with van der Waals surface area (Å²) < 4.78 is 49.3. The Morgan fingerprint density at radius 3 is 2.35 bits per heavy atom. The second-order valence-electron chi connectivity index (χ2n) is 2.98. The van der Waals surface area contributed by atoms with E-state index in [1.807, 2.05) is 18.2 Å². The van der Waals surface area contributed by atoms with Crippen molar-refractivity contribution in [2.75, 3.05) is 6.79 Å². The minimum absolute atomic E-state index is 0.273. The molecule has 0 aromatic heterocycles. The van der Waals surface area contributed by atoms with Gasteiger partial charge in [-0.25, -0.2) is 0 Å². The van der Waals surface area contributed by atoms with E-state index in [4.69, 9.17) is 14.9 Å². The van der Waals surface area contributed by atoms with Gasteiger partial charge in [0.2, 0.25) is 12.2 Å². The minimum Gasteiger partial charge on any atom is -0.454 e. The van der Waals surface area contributed by atoms with E-state index in [-0.39, 0.29) is 13.3 Å². The maximum Gasteiger partial charge on any atom is 0.673 e. The second-order valence-corrected chi connectivity index (χ2v) is 2.98. The zero-order valence-corrected chi connectivity index (χ0v) is 8.45. The number of hydrogen-bond donors (Lipinski definition) is 0. The lowest BCUT2D eigenvalue weighted by Gasteiger charge is -1.94. The van der Waals surface area contributed by atoms with E-state index in [9.17, 15) is 17.3 Å². The van der Waals surface area contributed by atoms with Crippen LogP contribution in [0.15, 0.2) is 18.2 Å². The lowest BCUT2D eigenvalue weighted by atomic mass is 10.2. The maximum atomic E-state index is 9.75. The quantitative estimate of drug-likeness (QED) is 0.437. The number of ether oxygens (including phenoxy) is 2. The van der Waals surface area contributed by atoms with Gasteiger partial charge in [0.15, 0.2) is 11.5 Å². The van der Waals surface area contributed by atoms with Crippen LogP contribution in [0.2, 0.25) is 0 Å². The molecule has 0 radical (unpaired) electrons. The average molecular weight is 250 g/mol. The van der Waals surface area contributed by atoms with Crippen molar-refractivity contribution in [3.8, 4) is 11.5 Å². The Labute approximate surface area is 93.9 Å². The first-order valence-electron chi connectivity index (χ1n) is 4.47. The third kappa shape index (κ3) is 5.06. The fourth-order valence-corrected chi connectivity index (χ4v) is 1.12. The largest absolute Gasteiger partial charge is 0.673 e. The summed E-state index contributed by atoms with van der Waals surface area (Å²) in [6.45, 7) is 0.561. The Kier molecular flexibility index (Phi) is 4.14. The summed E-state index contributed by atoms with van der Waals surface area (Å²) in [7, 11) is -6.00. The number of benzene rings is 1. The average Bonchev–Trinajstić information content (AvgIpc) is 2.62. The molecular formula is C8H7BF4N2O2. The van der Waals surface area contributed by atoms with Gasteiger partial charge in [-0.2, -0.15) is 0 Å². The van der Waals surface area contributed by atoms with Crippen LogP contribution in [0.4, 0.5) is 17.3 Å². The number of hydrogen-bond acceptors (Lipinski definition) is 3. The summed E-state index contributed by atoms with van der Waals surface area (Å²) in [4.78, 5) is 3.04. The standard InChI is InChI=1S/C8H7N2O2.BF4/c9-10-4-6-1-2-7-8(3-6)12-5-11-7;2-1(3,4)5/h1-3H,4-5H2;/q+1;-1. The van der Waals surface area contributed by atoms with Gasteiger partial charge >= 0.3 is 13.8 Å². The van der Waals surface area contributed by atoms with Crippen molar-refractivity contribution in [3.63, 3.8) is 0 Å². The zero-order chi connectivity index (χ0) is 12.9. The van der Waals surface area contributed by atoms with Gasteiger partial charge in [-0.05, 0) is 18.2 Å². The first-order valence-corrected chi connectivity index (χ1v) is 4.47. The Morgan fingerprint density at radius 1 is 1.18 bits per heavy atom. The van der Waals surface area contributed by atoms with Crippen molar-refractivity contribution < 1.29 is 26.7 Å². The summed E-state index contributed by atoms with van der Waals surface area (Å²) in [5.74, 6) is 1.47. The molecule has 9 heteroatoms. The first-order chi connectivity index (χ1) is 7.90. The molecule has 0 amide bonds. The SMILES string of the molecule is F[B-](F)(F)F.N#[N+]Cc1ccc2c(c1)OCO2. The number of fused-ring (bicyclic) bond motifs is 1. The third-order valence-corrected chi connectivity index (χ3v) is 1.69. The van der Waals surface area contributed by atoms with Crippen molar-refractivity contribution in [2.24, 2.45) is 0 Å². The van der Waals surface area contributed by atoms with E-state index in [2.05, 4.69) is 4.98 Å². The van der Waals surface area contributed by atoms with Crippen LogP contribution in [0, 0.1) is 5.39 Å². The zero-order valence-electron chi connectivity index (χ0n) is 8.45. The third-order valence-electron chi connectivity index (χ3n) is 1.69. The number of diazo groups is 1. The van der Waals surface area contributed by atoms with Crippen LogP contribution in [0.5, 0.6) is 11.5 Å². The van der Waals surface area contributed by atoms with Crippen LogP contribution in [0.25, 0.3) is 4.98 Å². The molecule has 0 atom stereocenters. The van der Waals surface area contributed by atoms with Crippen molar-refractivity contribution in [1.29, 1.82) is 5.39 Å². The van der Waals surface area contributed by atoms with Crippen LogP contribution >= 0.6 is 0 Å². The van der Waals surface area contributed by atoms with Crippen LogP contribution < -0.4 is 9.47 Å². The van der Waals surface area contributed by atoms with Crippen LogP contribution in [-0.2, 0) is 6.54 Å². The molecule has 1 aliphatic heterocycles. The van der Waals surface area contributed by atoms with E-state index < -0.39 is 7.25 Å². The highest BCUT2D eigenvalue weighted by Gasteiger charge is 2.20. The van der Waals surface area contributed by atoms with Gasteiger partial charge in [-0.15, -0.1) is 0 Å². The Bertz CT molecular complexity index is 427. The molecular weight excluding hydrogens is 243 g/mol. The summed E-state index contributed by atoms with van der Waals surface area (Å²) in [6, 6.07) is 5.46. The van der Waals surface area contributed by atoms with Gasteiger partial charge in [0.25, 0.3) is 0 Å². The van der Waals surface area contributed by atoms with Gasteiger partial charge in [0.05, 0.1) is 0 Å². The minimum atomic E-state index is -6.00. The molecule has 0 saturated heterocycles. The molecule has 1 aromatic carbocycles. The second kappa shape index (κ2) is 5.38. The van der Waals surface area contributed by atoms with Crippen LogP contribution in [0.3, 0.4) is 0 Å². The molecule has 92 valence electrons. The lowest BCUT2D eigenvalue weighted by molar-refractivity contribution is 0.174. The van der Waals surface area contributed by atoms with Crippen LogP contribution in [0.1, 0.15) is 5.56 Å². The summed E-state index contributed by atoms with van der Waals surface area (Å²) >= 11 is 0. The predicted octanol–water partition coefficient (Wildman–Crippen LogP) is 3.07. The van der Waals surface area contributed by atoms with Crippen LogP contribution in [-0.4, -0.2) is 14.0 Å². The Balaban J connectivity index is 0.000000249. The molecule has 0 N–H and O–H groups in total. The van der Waals surface area contributed by atoms with E-state index in [0.717, 1.165) is 17.1 Å². The fourth-order valence-electron chi connectivity index (χ4n) is 1.12. The number of nitrogens with zero attached hydrogens (tertiary/aromatic N) is 2. The highest BCUT2D eigenvalue weighted by atomic mass is 19.5. The maximum absolute atomic E-state index is 9.75.